The lowest BCUT2D eigenvalue weighted by molar-refractivity contribution is -0.144. The van der Waals surface area contributed by atoms with Crippen LogP contribution in [0.5, 0.6) is 0 Å². The van der Waals surface area contributed by atoms with Crippen LogP contribution in [0.2, 0.25) is 0 Å². The number of nitrogens with two attached hydrogens (primary N) is 3. The molecule has 0 spiro atoms. The number of amides is 3. The molecule has 5 atom stereocenters. The van der Waals surface area contributed by atoms with Crippen molar-refractivity contribution in [1.82, 2.24) is 16.0 Å². The van der Waals surface area contributed by atoms with Gasteiger partial charge < -0.3 is 53.6 Å². The van der Waals surface area contributed by atoms with Crippen LogP contribution < -0.4 is 33.2 Å². The third-order valence-corrected chi connectivity index (χ3v) is 4.37. The molecular formula is C18H31N7O10. The molecule has 17 nitrogen and oxygen atoms in total. The molecule has 0 rings (SSSR count). The summed E-state index contributed by atoms with van der Waals surface area (Å²) in [5.74, 6) is -8.02. The minimum Gasteiger partial charge on any atom is -0.481 e. The fourth-order valence-corrected chi connectivity index (χ4v) is 2.63. The molecule has 17 heteroatoms. The minimum atomic E-state index is -1.79. The van der Waals surface area contributed by atoms with E-state index in [9.17, 15) is 39.0 Å². The summed E-state index contributed by atoms with van der Waals surface area (Å²) in [7, 11) is 0. The number of hydrogen-bond donors (Lipinski definition) is 10. The van der Waals surface area contributed by atoms with Crippen molar-refractivity contribution in [2.45, 2.75) is 62.9 Å². The van der Waals surface area contributed by atoms with Crippen molar-refractivity contribution in [2.75, 3.05) is 6.54 Å². The van der Waals surface area contributed by atoms with Gasteiger partial charge in [-0.3, -0.25) is 29.0 Å². The maximum absolute atomic E-state index is 12.6. The number of nitrogens with one attached hydrogen (secondary N) is 3. The van der Waals surface area contributed by atoms with E-state index >= 15 is 0 Å². The first-order valence-electron chi connectivity index (χ1n) is 10.2. The van der Waals surface area contributed by atoms with Gasteiger partial charge >= 0.3 is 17.9 Å². The molecule has 13 N–H and O–H groups in total. The number of aliphatic hydroxyl groups excluding tert-OH is 1. The molecule has 0 radical (unpaired) electrons. The lowest BCUT2D eigenvalue weighted by atomic mass is 10.1. The molecule has 5 unspecified atom stereocenters. The van der Waals surface area contributed by atoms with E-state index in [1.165, 1.54) is 0 Å². The van der Waals surface area contributed by atoms with Gasteiger partial charge in [-0.2, -0.15) is 0 Å². The number of aliphatic carboxylic acids is 3. The van der Waals surface area contributed by atoms with E-state index in [2.05, 4.69) is 10.3 Å². The van der Waals surface area contributed by atoms with Crippen LogP contribution in [-0.4, -0.2) is 98.8 Å². The molecule has 0 aliphatic carbocycles. The fourth-order valence-electron chi connectivity index (χ4n) is 2.63. The second-order valence-corrected chi connectivity index (χ2v) is 7.44. The highest BCUT2D eigenvalue weighted by Gasteiger charge is 2.33. The summed E-state index contributed by atoms with van der Waals surface area (Å²) in [5.41, 5.74) is 15.7. The third kappa shape index (κ3) is 12.7. The third-order valence-electron chi connectivity index (χ3n) is 4.37. The molecule has 0 aromatic rings. The van der Waals surface area contributed by atoms with Crippen molar-refractivity contribution in [3.63, 3.8) is 0 Å². The molecule has 0 heterocycles. The van der Waals surface area contributed by atoms with Crippen LogP contribution in [0, 0.1) is 0 Å². The van der Waals surface area contributed by atoms with Crippen LogP contribution in [0.1, 0.15) is 32.6 Å². The maximum Gasteiger partial charge on any atom is 0.326 e. The lowest BCUT2D eigenvalue weighted by Crippen LogP contribution is -2.60. The quantitative estimate of drug-likeness (QED) is 0.0535. The Morgan fingerprint density at radius 2 is 1.37 bits per heavy atom. The van der Waals surface area contributed by atoms with Gasteiger partial charge in [-0.05, 0) is 19.8 Å². The normalized spacial score (nSPS) is 14.8. The summed E-state index contributed by atoms with van der Waals surface area (Å²) in [6.07, 6.45) is -3.26. The van der Waals surface area contributed by atoms with Gasteiger partial charge in [0, 0.05) is 6.54 Å². The number of hydrogen-bond acceptors (Lipinski definition) is 9. The summed E-state index contributed by atoms with van der Waals surface area (Å²) < 4.78 is 0. The second-order valence-electron chi connectivity index (χ2n) is 7.44. The predicted molar refractivity (Wildman–Crippen MR) is 118 cm³/mol. The Labute approximate surface area is 199 Å². The van der Waals surface area contributed by atoms with Gasteiger partial charge in [-0.25, -0.2) is 4.79 Å². The van der Waals surface area contributed by atoms with Gasteiger partial charge in [0.2, 0.25) is 17.7 Å². The van der Waals surface area contributed by atoms with E-state index in [1.54, 1.807) is 0 Å². The fraction of sp³-hybridized carbons (Fsp3) is 0.611. The molecule has 0 aromatic heterocycles. The number of carboxylic acids is 3. The summed E-state index contributed by atoms with van der Waals surface area (Å²) in [5, 5.41) is 43.1. The summed E-state index contributed by atoms with van der Waals surface area (Å²) >= 11 is 0. The number of carboxylic acid groups (broad SMARTS) is 3. The number of aliphatic hydroxyl groups is 1. The molecule has 0 saturated carbocycles. The van der Waals surface area contributed by atoms with E-state index < -0.39 is 78.7 Å². The molecule has 3 amide bonds. The highest BCUT2D eigenvalue weighted by Crippen LogP contribution is 2.03. The Bertz CT molecular complexity index is 828. The second kappa shape index (κ2) is 15.0. The van der Waals surface area contributed by atoms with E-state index in [4.69, 9.17) is 27.4 Å². The van der Waals surface area contributed by atoms with Crippen molar-refractivity contribution in [2.24, 2.45) is 22.2 Å². The molecule has 0 bridgehead atoms. The number of aliphatic imine (C=N–C) groups is 1. The topological polar surface area (TPSA) is 310 Å². The largest absolute Gasteiger partial charge is 0.481 e. The number of rotatable bonds is 16. The molecule has 198 valence electrons. The zero-order chi connectivity index (χ0) is 27.3. The Morgan fingerprint density at radius 3 is 1.83 bits per heavy atom. The van der Waals surface area contributed by atoms with E-state index in [1.807, 2.05) is 10.6 Å². The van der Waals surface area contributed by atoms with Crippen LogP contribution in [0.3, 0.4) is 0 Å². The van der Waals surface area contributed by atoms with Crippen LogP contribution in [0.4, 0.5) is 0 Å². The Balaban J connectivity index is 5.40. The maximum atomic E-state index is 12.6. The lowest BCUT2D eigenvalue weighted by Gasteiger charge is -2.26. The molecule has 0 aliphatic heterocycles. The monoisotopic (exact) mass is 505 g/mol. The zero-order valence-electron chi connectivity index (χ0n) is 18.8. The standard InChI is InChI=1S/C18H31N7O10/c1-7(26)13(16(33)23-9(17(34)35)3-2-4-22-18(20)21)25-15(32)10(6-12(29)30)24-14(31)8(19)5-11(27)28/h7-10,13,26H,2-6,19H2,1H3,(H,23,33)(H,24,31)(H,25,32)(H,27,28)(H,29,30)(H,34,35)(H4,20,21,22). The smallest absolute Gasteiger partial charge is 0.326 e. The minimum absolute atomic E-state index is 0.0825. The van der Waals surface area contributed by atoms with Gasteiger partial charge in [0.15, 0.2) is 5.96 Å². The average molecular weight is 505 g/mol. The molecule has 0 saturated heterocycles. The molecule has 0 aliphatic rings. The summed E-state index contributed by atoms with van der Waals surface area (Å²) in [6, 6.07) is -6.55. The van der Waals surface area contributed by atoms with Crippen LogP contribution in [0.15, 0.2) is 4.99 Å². The van der Waals surface area contributed by atoms with Gasteiger partial charge in [0.1, 0.15) is 18.1 Å². The van der Waals surface area contributed by atoms with Crippen molar-refractivity contribution < 1.29 is 49.2 Å². The first-order valence-corrected chi connectivity index (χ1v) is 10.2. The SMILES string of the molecule is CC(O)C(NC(=O)C(CC(=O)O)NC(=O)C(N)CC(=O)O)C(=O)NC(CCCN=C(N)N)C(=O)O. The summed E-state index contributed by atoms with van der Waals surface area (Å²) in [4.78, 5) is 74.1. The number of carbonyl (C=O) groups excluding carboxylic acids is 3. The first-order chi connectivity index (χ1) is 16.1. The van der Waals surface area contributed by atoms with E-state index in [0.29, 0.717) is 0 Å². The Hall–Kier alpha value is -3.99. The summed E-state index contributed by atoms with van der Waals surface area (Å²) in [6.45, 7) is 1.19. The molecule has 0 fully saturated rings. The van der Waals surface area contributed by atoms with Crippen molar-refractivity contribution >= 4 is 41.6 Å². The van der Waals surface area contributed by atoms with Crippen molar-refractivity contribution in [3.05, 3.63) is 0 Å². The van der Waals surface area contributed by atoms with Crippen LogP contribution in [-0.2, 0) is 28.8 Å². The zero-order valence-corrected chi connectivity index (χ0v) is 18.8. The predicted octanol–water partition coefficient (Wildman–Crippen LogP) is -4.76. The van der Waals surface area contributed by atoms with E-state index in [0.717, 1.165) is 6.92 Å². The number of nitrogens with zero attached hydrogens (tertiary/aromatic N) is 1. The Morgan fingerprint density at radius 1 is 0.829 bits per heavy atom. The number of carbonyl (C=O) groups is 6. The average Bonchev–Trinajstić information content (AvgIpc) is 2.71. The highest BCUT2D eigenvalue weighted by atomic mass is 16.4. The van der Waals surface area contributed by atoms with Gasteiger partial charge in [0.05, 0.1) is 25.0 Å². The van der Waals surface area contributed by atoms with Gasteiger partial charge in [-0.1, -0.05) is 0 Å². The van der Waals surface area contributed by atoms with Crippen molar-refractivity contribution in [1.29, 1.82) is 0 Å². The number of guanidine groups is 1. The Kier molecular flexibility index (Phi) is 13.3. The van der Waals surface area contributed by atoms with Gasteiger partial charge in [-0.15, -0.1) is 0 Å². The molecule has 35 heavy (non-hydrogen) atoms. The van der Waals surface area contributed by atoms with E-state index in [-0.39, 0.29) is 25.3 Å². The molecular weight excluding hydrogens is 474 g/mol. The van der Waals surface area contributed by atoms with Crippen molar-refractivity contribution in [3.8, 4) is 0 Å². The van der Waals surface area contributed by atoms with Crippen LogP contribution >= 0.6 is 0 Å². The molecule has 0 aromatic carbocycles. The van der Waals surface area contributed by atoms with Crippen LogP contribution in [0.25, 0.3) is 0 Å². The highest BCUT2D eigenvalue weighted by molar-refractivity contribution is 5.96. The first kappa shape index (κ1) is 31.0. The van der Waals surface area contributed by atoms with Gasteiger partial charge in [0.25, 0.3) is 0 Å².